The number of hydrogen-bond donors (Lipinski definition) is 1. The molecule has 1 heterocycles. The topological polar surface area (TPSA) is 49.4 Å². The normalized spacial score (nSPS) is 18.3. The molecule has 0 aromatic heterocycles. The van der Waals surface area contributed by atoms with E-state index in [4.69, 9.17) is 0 Å². The molecule has 1 aliphatic rings. The van der Waals surface area contributed by atoms with E-state index in [2.05, 4.69) is 30.4 Å². The number of sulfonamides is 1. The lowest BCUT2D eigenvalue weighted by molar-refractivity contribution is 0.217. The Hall–Kier alpha value is -0.910. The highest BCUT2D eigenvalue weighted by Crippen LogP contribution is 2.19. The fraction of sp³-hybridized carbons (Fsp3) is 0.625. The van der Waals surface area contributed by atoms with Gasteiger partial charge in [0, 0.05) is 6.04 Å². The summed E-state index contributed by atoms with van der Waals surface area (Å²) >= 11 is 0. The maximum atomic E-state index is 12.4. The van der Waals surface area contributed by atoms with Crippen LogP contribution >= 0.6 is 0 Å². The average molecular weight is 310 g/mol. The standard InChI is InChI=1S/C16H26N2O2S/c1-4-18-11-9-15(10-12-18)17-21(19,20)16-7-5-14(6-8-16)13(2)3/h5-8,13,15,17H,4,9-12H2,1-3H3. The van der Waals surface area contributed by atoms with Gasteiger partial charge < -0.3 is 4.90 Å². The number of piperidine rings is 1. The monoisotopic (exact) mass is 310 g/mol. The van der Waals surface area contributed by atoms with Gasteiger partial charge in [0.25, 0.3) is 0 Å². The summed E-state index contributed by atoms with van der Waals surface area (Å²) in [7, 11) is -3.40. The lowest BCUT2D eigenvalue weighted by Crippen LogP contribution is -2.44. The molecule has 0 atom stereocenters. The molecule has 1 aliphatic heterocycles. The van der Waals surface area contributed by atoms with Crippen LogP contribution in [0.2, 0.25) is 0 Å². The molecule has 5 heteroatoms. The number of nitrogens with one attached hydrogen (secondary N) is 1. The van der Waals surface area contributed by atoms with Crippen molar-refractivity contribution in [1.29, 1.82) is 0 Å². The van der Waals surface area contributed by atoms with Gasteiger partial charge in [0.2, 0.25) is 10.0 Å². The first kappa shape index (κ1) is 16.5. The maximum absolute atomic E-state index is 12.4. The molecule has 21 heavy (non-hydrogen) atoms. The second-order valence-electron chi connectivity index (χ2n) is 6.05. The summed E-state index contributed by atoms with van der Waals surface area (Å²) in [5.41, 5.74) is 1.16. The second kappa shape index (κ2) is 6.90. The van der Waals surface area contributed by atoms with Crippen molar-refractivity contribution >= 4 is 10.0 Å². The highest BCUT2D eigenvalue weighted by molar-refractivity contribution is 7.89. The Kier molecular flexibility index (Phi) is 5.41. The molecular weight excluding hydrogens is 284 g/mol. The zero-order valence-electron chi connectivity index (χ0n) is 13.2. The Labute approximate surface area is 128 Å². The highest BCUT2D eigenvalue weighted by atomic mass is 32.2. The summed E-state index contributed by atoms with van der Waals surface area (Å²) in [5, 5.41) is 0. The third-order valence-electron chi connectivity index (χ3n) is 4.21. The van der Waals surface area contributed by atoms with Crippen molar-refractivity contribution < 1.29 is 8.42 Å². The lowest BCUT2D eigenvalue weighted by atomic mass is 10.0. The first-order chi connectivity index (χ1) is 9.92. The summed E-state index contributed by atoms with van der Waals surface area (Å²) in [6.45, 7) is 9.31. The number of hydrogen-bond acceptors (Lipinski definition) is 3. The number of rotatable bonds is 5. The lowest BCUT2D eigenvalue weighted by Gasteiger charge is -2.31. The molecule has 0 radical (unpaired) electrons. The Morgan fingerprint density at radius 3 is 2.24 bits per heavy atom. The zero-order chi connectivity index (χ0) is 15.5. The molecule has 1 N–H and O–H groups in total. The van der Waals surface area contributed by atoms with Gasteiger partial charge in [-0.25, -0.2) is 13.1 Å². The van der Waals surface area contributed by atoms with Gasteiger partial charge in [0.1, 0.15) is 0 Å². The fourth-order valence-corrected chi connectivity index (χ4v) is 3.99. The molecule has 4 nitrogen and oxygen atoms in total. The quantitative estimate of drug-likeness (QED) is 0.909. The largest absolute Gasteiger partial charge is 0.303 e. The zero-order valence-corrected chi connectivity index (χ0v) is 14.0. The minimum absolute atomic E-state index is 0.0579. The molecule has 0 bridgehead atoms. The molecule has 1 fully saturated rings. The Morgan fingerprint density at radius 1 is 1.19 bits per heavy atom. The van der Waals surface area contributed by atoms with Crippen molar-refractivity contribution in [3.8, 4) is 0 Å². The van der Waals surface area contributed by atoms with Gasteiger partial charge in [-0.15, -0.1) is 0 Å². The summed E-state index contributed by atoms with van der Waals surface area (Å²) in [6.07, 6.45) is 1.77. The van der Waals surface area contributed by atoms with Crippen LogP contribution in [0, 0.1) is 0 Å². The van der Waals surface area contributed by atoms with Gasteiger partial charge in [0.05, 0.1) is 4.90 Å². The fourth-order valence-electron chi connectivity index (χ4n) is 2.69. The number of nitrogens with zero attached hydrogens (tertiary/aromatic N) is 1. The van der Waals surface area contributed by atoms with Crippen molar-refractivity contribution in [2.45, 2.75) is 50.5 Å². The highest BCUT2D eigenvalue weighted by Gasteiger charge is 2.24. The minimum Gasteiger partial charge on any atom is -0.303 e. The predicted octanol–water partition coefficient (Wildman–Crippen LogP) is 2.57. The molecule has 2 rings (SSSR count). The van der Waals surface area contributed by atoms with E-state index in [1.807, 2.05) is 12.1 Å². The summed E-state index contributed by atoms with van der Waals surface area (Å²) in [4.78, 5) is 2.72. The van der Waals surface area contributed by atoms with E-state index in [1.165, 1.54) is 0 Å². The Morgan fingerprint density at radius 2 is 1.76 bits per heavy atom. The van der Waals surface area contributed by atoms with Crippen LogP contribution in [0.15, 0.2) is 29.2 Å². The van der Waals surface area contributed by atoms with Gasteiger partial charge >= 0.3 is 0 Å². The Balaban J connectivity index is 2.01. The second-order valence-corrected chi connectivity index (χ2v) is 7.77. The molecule has 1 aromatic rings. The van der Waals surface area contributed by atoms with Gasteiger partial charge in [-0.3, -0.25) is 0 Å². The minimum atomic E-state index is -3.40. The van der Waals surface area contributed by atoms with Gasteiger partial charge in [-0.1, -0.05) is 32.9 Å². The van der Waals surface area contributed by atoms with E-state index in [0.717, 1.165) is 38.0 Å². The van der Waals surface area contributed by atoms with Crippen molar-refractivity contribution in [1.82, 2.24) is 9.62 Å². The molecule has 0 spiro atoms. The van der Waals surface area contributed by atoms with E-state index in [1.54, 1.807) is 12.1 Å². The van der Waals surface area contributed by atoms with Crippen LogP contribution in [0.5, 0.6) is 0 Å². The van der Waals surface area contributed by atoms with Crippen LogP contribution in [-0.4, -0.2) is 39.0 Å². The van der Waals surface area contributed by atoms with Gasteiger partial charge in [-0.05, 0) is 56.1 Å². The van der Waals surface area contributed by atoms with Gasteiger partial charge in [0.15, 0.2) is 0 Å². The smallest absolute Gasteiger partial charge is 0.240 e. The summed E-state index contributed by atoms with van der Waals surface area (Å²) in [6, 6.07) is 7.28. The third kappa shape index (κ3) is 4.28. The number of benzene rings is 1. The maximum Gasteiger partial charge on any atom is 0.240 e. The first-order valence-electron chi connectivity index (χ1n) is 7.77. The molecule has 1 saturated heterocycles. The van der Waals surface area contributed by atoms with Crippen LogP contribution in [0.1, 0.15) is 45.1 Å². The Bertz CT molecular complexity index is 544. The molecule has 118 valence electrons. The van der Waals surface area contributed by atoms with E-state index in [9.17, 15) is 8.42 Å². The molecule has 0 aliphatic carbocycles. The van der Waals surface area contributed by atoms with Crippen LogP contribution in [0.4, 0.5) is 0 Å². The molecule has 0 unspecified atom stereocenters. The van der Waals surface area contributed by atoms with E-state index in [-0.39, 0.29) is 6.04 Å². The predicted molar refractivity (Wildman–Crippen MR) is 86.0 cm³/mol. The van der Waals surface area contributed by atoms with Crippen LogP contribution in [-0.2, 0) is 10.0 Å². The first-order valence-corrected chi connectivity index (χ1v) is 9.25. The number of likely N-dealkylation sites (tertiary alicyclic amines) is 1. The third-order valence-corrected chi connectivity index (χ3v) is 5.75. The summed E-state index contributed by atoms with van der Waals surface area (Å²) in [5.74, 6) is 0.410. The SMILES string of the molecule is CCN1CCC(NS(=O)(=O)c2ccc(C(C)C)cc2)CC1. The molecular formula is C16H26N2O2S. The average Bonchev–Trinajstić information content (AvgIpc) is 2.48. The molecule has 0 amide bonds. The van der Waals surface area contributed by atoms with Crippen LogP contribution in [0.25, 0.3) is 0 Å². The van der Waals surface area contributed by atoms with Crippen molar-refractivity contribution in [2.24, 2.45) is 0 Å². The summed E-state index contributed by atoms with van der Waals surface area (Å²) < 4.78 is 27.7. The van der Waals surface area contributed by atoms with Crippen molar-refractivity contribution in [2.75, 3.05) is 19.6 Å². The molecule has 1 aromatic carbocycles. The van der Waals surface area contributed by atoms with Gasteiger partial charge in [-0.2, -0.15) is 0 Å². The van der Waals surface area contributed by atoms with Crippen molar-refractivity contribution in [3.05, 3.63) is 29.8 Å². The van der Waals surface area contributed by atoms with E-state index >= 15 is 0 Å². The van der Waals surface area contributed by atoms with E-state index < -0.39 is 10.0 Å². The van der Waals surface area contributed by atoms with Crippen LogP contribution in [0.3, 0.4) is 0 Å². The van der Waals surface area contributed by atoms with E-state index in [0.29, 0.717) is 10.8 Å². The van der Waals surface area contributed by atoms with Crippen LogP contribution < -0.4 is 4.72 Å². The molecule has 0 saturated carbocycles. The van der Waals surface area contributed by atoms with Crippen molar-refractivity contribution in [3.63, 3.8) is 0 Å².